The Morgan fingerprint density at radius 3 is 2.88 bits per heavy atom. The van der Waals surface area contributed by atoms with E-state index in [0.717, 1.165) is 12.0 Å². The number of aryl methyl sites for hydroxylation is 1. The van der Waals surface area contributed by atoms with Gasteiger partial charge in [0.2, 0.25) is 11.7 Å². The molecule has 0 spiro atoms. The minimum atomic E-state index is 0.430. The Kier molecular flexibility index (Phi) is 1.80. The highest BCUT2D eigenvalue weighted by atomic mass is 16.5. The number of nitrogens with two attached hydrogens (primary N) is 1. The lowest BCUT2D eigenvalue weighted by molar-refractivity contribution is 0.377. The van der Waals surface area contributed by atoms with Crippen LogP contribution in [0.1, 0.15) is 25.2 Å². The second-order valence-corrected chi connectivity index (χ2v) is 4.34. The van der Waals surface area contributed by atoms with Gasteiger partial charge in [-0.1, -0.05) is 12.1 Å². The summed E-state index contributed by atoms with van der Waals surface area (Å²) in [6.07, 6.45) is 2.78. The normalized spacial score (nSPS) is 23.6. The summed E-state index contributed by atoms with van der Waals surface area (Å²) in [5.74, 6) is 2.88. The average molecular weight is 219 g/mol. The predicted molar refractivity (Wildman–Crippen MR) is 57.4 cm³/mol. The number of aromatic nitrogens is 4. The van der Waals surface area contributed by atoms with Gasteiger partial charge in [0.15, 0.2) is 0 Å². The first-order valence-corrected chi connectivity index (χ1v) is 5.28. The van der Waals surface area contributed by atoms with Crippen molar-refractivity contribution >= 4 is 5.82 Å². The van der Waals surface area contributed by atoms with Gasteiger partial charge >= 0.3 is 0 Å². The molecule has 6 heteroatoms. The van der Waals surface area contributed by atoms with Crippen LogP contribution in [0.5, 0.6) is 0 Å². The van der Waals surface area contributed by atoms with Crippen molar-refractivity contribution in [3.8, 4) is 11.4 Å². The Bertz CT molecular complexity index is 529. The van der Waals surface area contributed by atoms with Gasteiger partial charge in [0.1, 0.15) is 5.82 Å². The highest BCUT2D eigenvalue weighted by Crippen LogP contribution is 2.46. The molecule has 0 amide bonds. The Hall–Kier alpha value is -1.85. The zero-order valence-electron chi connectivity index (χ0n) is 9.21. The molecule has 0 saturated heterocycles. The predicted octanol–water partition coefficient (Wildman–Crippen LogP) is 1.18. The fourth-order valence-corrected chi connectivity index (χ4v) is 1.78. The number of hydrogen-bond donors (Lipinski definition) is 1. The summed E-state index contributed by atoms with van der Waals surface area (Å²) in [5, 5.41) is 7.98. The van der Waals surface area contributed by atoms with Crippen LogP contribution in [0.2, 0.25) is 0 Å². The van der Waals surface area contributed by atoms with Crippen molar-refractivity contribution in [2.24, 2.45) is 13.0 Å². The van der Waals surface area contributed by atoms with Gasteiger partial charge in [0.25, 0.3) is 0 Å². The maximum absolute atomic E-state index is 5.84. The monoisotopic (exact) mass is 219 g/mol. The summed E-state index contributed by atoms with van der Waals surface area (Å²) >= 11 is 0. The first-order valence-electron chi connectivity index (χ1n) is 5.28. The summed E-state index contributed by atoms with van der Waals surface area (Å²) < 4.78 is 6.81. The van der Waals surface area contributed by atoms with E-state index in [-0.39, 0.29) is 0 Å². The van der Waals surface area contributed by atoms with Crippen LogP contribution in [0.4, 0.5) is 5.82 Å². The summed E-state index contributed by atoms with van der Waals surface area (Å²) in [4.78, 5) is 4.36. The van der Waals surface area contributed by atoms with Gasteiger partial charge < -0.3 is 10.3 Å². The molecule has 2 aromatic heterocycles. The molecule has 0 aromatic carbocycles. The first kappa shape index (κ1) is 9.38. The largest absolute Gasteiger partial charge is 0.383 e. The smallest absolute Gasteiger partial charge is 0.230 e. The summed E-state index contributed by atoms with van der Waals surface area (Å²) in [5.41, 5.74) is 6.57. The molecule has 0 radical (unpaired) electrons. The van der Waals surface area contributed by atoms with Crippen molar-refractivity contribution in [2.75, 3.05) is 5.73 Å². The maximum atomic E-state index is 5.84. The Labute approximate surface area is 92.4 Å². The second kappa shape index (κ2) is 3.07. The molecule has 0 bridgehead atoms. The minimum absolute atomic E-state index is 0.430. The molecular weight excluding hydrogens is 206 g/mol. The summed E-state index contributed by atoms with van der Waals surface area (Å²) in [6.45, 7) is 2.17. The lowest BCUT2D eigenvalue weighted by Gasteiger charge is -1.93. The van der Waals surface area contributed by atoms with Crippen LogP contribution >= 0.6 is 0 Å². The van der Waals surface area contributed by atoms with Gasteiger partial charge in [-0.05, 0) is 12.3 Å². The Morgan fingerprint density at radius 2 is 2.31 bits per heavy atom. The van der Waals surface area contributed by atoms with Crippen molar-refractivity contribution in [2.45, 2.75) is 19.3 Å². The summed E-state index contributed by atoms with van der Waals surface area (Å²) in [6, 6.07) is 0. The molecule has 2 aromatic rings. The standard InChI is InChI=1S/C10H13N5O/c1-5-3-6(5)10-13-9(14-16-10)7-4-12-15(2)8(7)11/h4-6H,3,11H2,1-2H3. The molecule has 1 aliphatic rings. The van der Waals surface area contributed by atoms with Crippen LogP contribution in [-0.2, 0) is 7.05 Å². The third kappa shape index (κ3) is 1.30. The van der Waals surface area contributed by atoms with Crippen LogP contribution in [0.3, 0.4) is 0 Å². The Morgan fingerprint density at radius 1 is 1.56 bits per heavy atom. The maximum Gasteiger partial charge on any atom is 0.230 e. The third-order valence-corrected chi connectivity index (χ3v) is 3.09. The van der Waals surface area contributed by atoms with Crippen molar-refractivity contribution in [3.05, 3.63) is 12.1 Å². The van der Waals surface area contributed by atoms with Crippen LogP contribution in [0.25, 0.3) is 11.4 Å². The van der Waals surface area contributed by atoms with E-state index in [1.54, 1.807) is 17.9 Å². The van der Waals surface area contributed by atoms with Gasteiger partial charge in [0.05, 0.1) is 11.8 Å². The van der Waals surface area contributed by atoms with Crippen LogP contribution < -0.4 is 5.73 Å². The highest BCUT2D eigenvalue weighted by molar-refractivity contribution is 5.67. The van der Waals surface area contributed by atoms with Gasteiger partial charge in [-0.3, -0.25) is 4.68 Å². The fourth-order valence-electron chi connectivity index (χ4n) is 1.78. The van der Waals surface area contributed by atoms with E-state index in [1.807, 2.05) is 0 Å². The highest BCUT2D eigenvalue weighted by Gasteiger charge is 2.39. The average Bonchev–Trinajstić information content (AvgIpc) is 2.70. The summed E-state index contributed by atoms with van der Waals surface area (Å²) in [7, 11) is 1.78. The fraction of sp³-hybridized carbons (Fsp3) is 0.500. The van der Waals surface area contributed by atoms with E-state index in [2.05, 4.69) is 22.2 Å². The molecule has 2 heterocycles. The molecule has 0 aliphatic heterocycles. The van der Waals surface area contributed by atoms with Gasteiger partial charge in [0, 0.05) is 13.0 Å². The van der Waals surface area contributed by atoms with Crippen LogP contribution in [0.15, 0.2) is 10.7 Å². The second-order valence-electron chi connectivity index (χ2n) is 4.34. The van der Waals surface area contributed by atoms with Crippen LogP contribution in [0, 0.1) is 5.92 Å². The molecule has 2 N–H and O–H groups in total. The Balaban J connectivity index is 1.95. The molecule has 1 saturated carbocycles. The van der Waals surface area contributed by atoms with E-state index < -0.39 is 0 Å². The molecule has 84 valence electrons. The zero-order valence-corrected chi connectivity index (χ0v) is 9.21. The topological polar surface area (TPSA) is 82.8 Å². The molecule has 3 rings (SSSR count). The van der Waals surface area contributed by atoms with Crippen molar-refractivity contribution in [1.29, 1.82) is 0 Å². The number of hydrogen-bond acceptors (Lipinski definition) is 5. The molecule has 1 aliphatic carbocycles. The number of nitrogens with zero attached hydrogens (tertiary/aromatic N) is 4. The number of nitrogen functional groups attached to an aromatic ring is 1. The van der Waals surface area contributed by atoms with Gasteiger partial charge in [-0.25, -0.2) is 0 Å². The van der Waals surface area contributed by atoms with E-state index in [1.165, 1.54) is 0 Å². The van der Waals surface area contributed by atoms with Crippen molar-refractivity contribution in [1.82, 2.24) is 19.9 Å². The number of rotatable bonds is 2. The van der Waals surface area contributed by atoms with Crippen molar-refractivity contribution in [3.63, 3.8) is 0 Å². The molecular formula is C10H13N5O. The molecule has 2 atom stereocenters. The number of anilines is 1. The van der Waals surface area contributed by atoms with E-state index >= 15 is 0 Å². The van der Waals surface area contributed by atoms with E-state index in [4.69, 9.17) is 10.3 Å². The first-order chi connectivity index (χ1) is 7.66. The minimum Gasteiger partial charge on any atom is -0.383 e. The van der Waals surface area contributed by atoms with Gasteiger partial charge in [-0.15, -0.1) is 0 Å². The van der Waals surface area contributed by atoms with E-state index in [0.29, 0.717) is 29.4 Å². The lowest BCUT2D eigenvalue weighted by atomic mass is 10.3. The van der Waals surface area contributed by atoms with Crippen LogP contribution in [-0.4, -0.2) is 19.9 Å². The molecule has 16 heavy (non-hydrogen) atoms. The lowest BCUT2D eigenvalue weighted by Crippen LogP contribution is -1.98. The third-order valence-electron chi connectivity index (χ3n) is 3.09. The zero-order chi connectivity index (χ0) is 11.3. The molecule has 2 unspecified atom stereocenters. The molecule has 1 fully saturated rings. The SMILES string of the molecule is CC1CC1c1nc(-c2cnn(C)c2N)no1. The quantitative estimate of drug-likeness (QED) is 0.819. The molecule has 6 nitrogen and oxygen atoms in total. The van der Waals surface area contributed by atoms with Gasteiger partial charge in [-0.2, -0.15) is 10.1 Å². The van der Waals surface area contributed by atoms with Crippen molar-refractivity contribution < 1.29 is 4.52 Å². The van der Waals surface area contributed by atoms with E-state index in [9.17, 15) is 0 Å².